The number of carbonyl (C=O) groups excluding carboxylic acids is 2. The van der Waals surface area contributed by atoms with Crippen LogP contribution in [-0.4, -0.2) is 38.0 Å². The Hall–Kier alpha value is -1.30. The lowest BCUT2D eigenvalue weighted by molar-refractivity contribution is -0.126. The standard InChI is InChI=1S/C17H21Cl2N3O2/c18-13-6-14(19)8-15(7-13)22-10-12(5-16(22)23)17(24)21-4-2-11-1-3-20-9-11/h6-8,11-12,20H,1-5,9-10H2,(H,21,24). The van der Waals surface area contributed by atoms with Crippen LogP contribution in [0.15, 0.2) is 18.2 Å². The Morgan fingerprint density at radius 1 is 1.29 bits per heavy atom. The van der Waals surface area contributed by atoms with Crippen molar-refractivity contribution in [2.75, 3.05) is 31.1 Å². The number of benzene rings is 1. The molecule has 0 spiro atoms. The van der Waals surface area contributed by atoms with E-state index in [1.54, 1.807) is 23.1 Å². The third-order valence-electron chi connectivity index (χ3n) is 4.67. The first-order valence-electron chi connectivity index (χ1n) is 8.28. The van der Waals surface area contributed by atoms with Gasteiger partial charge in [0, 0.05) is 35.2 Å². The maximum absolute atomic E-state index is 12.3. The number of rotatable bonds is 5. The van der Waals surface area contributed by atoms with Crippen molar-refractivity contribution in [3.63, 3.8) is 0 Å². The maximum Gasteiger partial charge on any atom is 0.227 e. The van der Waals surface area contributed by atoms with Gasteiger partial charge < -0.3 is 15.5 Å². The number of carbonyl (C=O) groups is 2. The molecule has 24 heavy (non-hydrogen) atoms. The number of amides is 2. The summed E-state index contributed by atoms with van der Waals surface area (Å²) in [6, 6.07) is 5.01. The van der Waals surface area contributed by atoms with Crippen molar-refractivity contribution < 1.29 is 9.59 Å². The molecule has 1 aromatic carbocycles. The van der Waals surface area contributed by atoms with E-state index in [0.29, 0.717) is 34.7 Å². The molecule has 2 fully saturated rings. The van der Waals surface area contributed by atoms with Gasteiger partial charge in [0.25, 0.3) is 0 Å². The molecule has 7 heteroatoms. The molecule has 2 N–H and O–H groups in total. The summed E-state index contributed by atoms with van der Waals surface area (Å²) in [4.78, 5) is 26.2. The Morgan fingerprint density at radius 3 is 2.71 bits per heavy atom. The minimum atomic E-state index is -0.322. The predicted molar refractivity (Wildman–Crippen MR) is 95.5 cm³/mol. The number of halogens is 2. The van der Waals surface area contributed by atoms with Crippen LogP contribution in [0.4, 0.5) is 5.69 Å². The Morgan fingerprint density at radius 2 is 2.04 bits per heavy atom. The van der Waals surface area contributed by atoms with Crippen LogP contribution in [0.2, 0.25) is 10.0 Å². The van der Waals surface area contributed by atoms with Crippen molar-refractivity contribution in [3.8, 4) is 0 Å². The molecule has 0 radical (unpaired) electrons. The highest BCUT2D eigenvalue weighted by atomic mass is 35.5. The van der Waals surface area contributed by atoms with Gasteiger partial charge in [0.2, 0.25) is 11.8 Å². The third kappa shape index (κ3) is 4.21. The van der Waals surface area contributed by atoms with Gasteiger partial charge in [-0.15, -0.1) is 0 Å². The van der Waals surface area contributed by atoms with Crippen molar-refractivity contribution in [2.45, 2.75) is 19.3 Å². The van der Waals surface area contributed by atoms with Crippen LogP contribution in [0.25, 0.3) is 0 Å². The smallest absolute Gasteiger partial charge is 0.227 e. The molecule has 2 unspecified atom stereocenters. The highest BCUT2D eigenvalue weighted by Gasteiger charge is 2.35. The van der Waals surface area contributed by atoms with Crippen LogP contribution < -0.4 is 15.5 Å². The van der Waals surface area contributed by atoms with E-state index in [0.717, 1.165) is 19.5 Å². The van der Waals surface area contributed by atoms with Gasteiger partial charge in [0.15, 0.2) is 0 Å². The van der Waals surface area contributed by atoms with Gasteiger partial charge in [-0.2, -0.15) is 0 Å². The third-order valence-corrected chi connectivity index (χ3v) is 5.11. The summed E-state index contributed by atoms with van der Waals surface area (Å²) in [5.74, 6) is 0.191. The fourth-order valence-corrected chi connectivity index (χ4v) is 3.85. The minimum Gasteiger partial charge on any atom is -0.356 e. The fraction of sp³-hybridized carbons (Fsp3) is 0.529. The summed E-state index contributed by atoms with van der Waals surface area (Å²) in [5.41, 5.74) is 0.643. The summed E-state index contributed by atoms with van der Waals surface area (Å²) in [6.07, 6.45) is 2.37. The van der Waals surface area contributed by atoms with E-state index < -0.39 is 0 Å². The van der Waals surface area contributed by atoms with E-state index >= 15 is 0 Å². The molecule has 2 aliphatic heterocycles. The molecule has 0 saturated carbocycles. The van der Waals surface area contributed by atoms with Crippen LogP contribution >= 0.6 is 23.2 Å². The van der Waals surface area contributed by atoms with Crippen LogP contribution in [0, 0.1) is 11.8 Å². The van der Waals surface area contributed by atoms with Gasteiger partial charge in [-0.3, -0.25) is 9.59 Å². The van der Waals surface area contributed by atoms with Crippen LogP contribution in [0.1, 0.15) is 19.3 Å². The Labute approximate surface area is 151 Å². The van der Waals surface area contributed by atoms with Gasteiger partial charge in [-0.1, -0.05) is 23.2 Å². The van der Waals surface area contributed by atoms with Crippen LogP contribution in [0.3, 0.4) is 0 Å². The zero-order valence-corrected chi connectivity index (χ0v) is 14.9. The zero-order valence-electron chi connectivity index (χ0n) is 13.4. The quantitative estimate of drug-likeness (QED) is 0.837. The van der Waals surface area contributed by atoms with Crippen molar-refractivity contribution in [2.24, 2.45) is 11.8 Å². The summed E-state index contributed by atoms with van der Waals surface area (Å²) < 4.78 is 0. The average Bonchev–Trinajstić information content (AvgIpc) is 3.15. The Balaban J connectivity index is 1.54. The van der Waals surface area contributed by atoms with Gasteiger partial charge >= 0.3 is 0 Å². The van der Waals surface area contributed by atoms with Gasteiger partial charge in [-0.25, -0.2) is 0 Å². The summed E-state index contributed by atoms with van der Waals surface area (Å²) in [7, 11) is 0. The van der Waals surface area contributed by atoms with E-state index in [9.17, 15) is 9.59 Å². The lowest BCUT2D eigenvalue weighted by Gasteiger charge is -2.17. The molecule has 2 heterocycles. The Bertz CT molecular complexity index is 612. The van der Waals surface area contributed by atoms with Crippen molar-refractivity contribution in [3.05, 3.63) is 28.2 Å². The molecule has 0 aromatic heterocycles. The second-order valence-electron chi connectivity index (χ2n) is 6.47. The highest BCUT2D eigenvalue weighted by molar-refractivity contribution is 6.35. The molecule has 5 nitrogen and oxygen atoms in total. The minimum absolute atomic E-state index is 0.0510. The maximum atomic E-state index is 12.3. The van der Waals surface area contributed by atoms with Crippen LogP contribution in [-0.2, 0) is 9.59 Å². The number of nitrogens with zero attached hydrogens (tertiary/aromatic N) is 1. The molecule has 0 bridgehead atoms. The van der Waals surface area contributed by atoms with Gasteiger partial charge in [0.1, 0.15) is 0 Å². The van der Waals surface area contributed by atoms with Gasteiger partial charge in [0.05, 0.1) is 5.92 Å². The van der Waals surface area contributed by atoms with Crippen molar-refractivity contribution in [1.29, 1.82) is 0 Å². The topological polar surface area (TPSA) is 61.4 Å². The first kappa shape index (κ1) is 17.5. The molecule has 3 rings (SSSR count). The van der Waals surface area contributed by atoms with E-state index in [-0.39, 0.29) is 24.2 Å². The highest BCUT2D eigenvalue weighted by Crippen LogP contribution is 2.30. The number of anilines is 1. The number of hydrogen-bond donors (Lipinski definition) is 2. The molecular formula is C17H21Cl2N3O2. The summed E-state index contributed by atoms with van der Waals surface area (Å²) in [6.45, 7) is 3.12. The molecule has 2 atom stereocenters. The molecule has 1 aromatic rings. The SMILES string of the molecule is O=C(NCCC1CCNC1)C1CC(=O)N(c2cc(Cl)cc(Cl)c2)C1. The second kappa shape index (κ2) is 7.72. The van der Waals surface area contributed by atoms with Crippen molar-refractivity contribution in [1.82, 2.24) is 10.6 Å². The zero-order chi connectivity index (χ0) is 17.1. The monoisotopic (exact) mass is 369 g/mol. The normalized spacial score (nSPS) is 23.8. The first-order chi connectivity index (χ1) is 11.5. The second-order valence-corrected chi connectivity index (χ2v) is 7.34. The molecule has 0 aliphatic carbocycles. The molecule has 2 saturated heterocycles. The lowest BCUT2D eigenvalue weighted by Crippen LogP contribution is -2.34. The average molecular weight is 370 g/mol. The largest absolute Gasteiger partial charge is 0.356 e. The molecule has 2 aliphatic rings. The molecular weight excluding hydrogens is 349 g/mol. The molecule has 130 valence electrons. The van der Waals surface area contributed by atoms with E-state index in [4.69, 9.17) is 23.2 Å². The van der Waals surface area contributed by atoms with Gasteiger partial charge in [-0.05, 0) is 50.0 Å². The summed E-state index contributed by atoms with van der Waals surface area (Å²) in [5, 5.41) is 7.24. The van der Waals surface area contributed by atoms with Crippen molar-refractivity contribution >= 4 is 40.7 Å². The first-order valence-corrected chi connectivity index (χ1v) is 9.03. The van der Waals surface area contributed by atoms with E-state index in [1.807, 2.05) is 0 Å². The molecule has 2 amide bonds. The van der Waals surface area contributed by atoms with Crippen LogP contribution in [0.5, 0.6) is 0 Å². The lowest BCUT2D eigenvalue weighted by atomic mass is 10.0. The van der Waals surface area contributed by atoms with E-state index in [2.05, 4.69) is 10.6 Å². The summed E-state index contributed by atoms with van der Waals surface area (Å²) >= 11 is 12.0. The van der Waals surface area contributed by atoms with E-state index in [1.165, 1.54) is 6.42 Å². The number of hydrogen-bond acceptors (Lipinski definition) is 3. The Kier molecular flexibility index (Phi) is 5.64. The fourth-order valence-electron chi connectivity index (χ4n) is 3.33. The predicted octanol–water partition coefficient (Wildman–Crippen LogP) is 2.46. The number of nitrogens with one attached hydrogen (secondary N) is 2.